The second-order valence-electron chi connectivity index (χ2n) is 9.47. The molecule has 2 saturated carbocycles. The SMILES string of the molecule is C[C@@H]1CN(c2nc(-c3cnn(C4CC(C#N)C4)c3)cn3ncc(F)c23)C(=O)[C@]1(C#N)C1CC1. The van der Waals surface area contributed by atoms with E-state index in [9.17, 15) is 14.4 Å². The molecule has 1 amide bonds. The third kappa shape index (κ3) is 2.73. The smallest absolute Gasteiger partial charge is 0.249 e. The van der Waals surface area contributed by atoms with E-state index in [2.05, 4.69) is 27.3 Å². The summed E-state index contributed by atoms with van der Waals surface area (Å²) in [6.07, 6.45) is 9.48. The fourth-order valence-corrected chi connectivity index (χ4v) is 5.35. The first-order valence-corrected chi connectivity index (χ1v) is 11.2. The van der Waals surface area contributed by atoms with E-state index in [1.807, 2.05) is 17.8 Å². The van der Waals surface area contributed by atoms with Gasteiger partial charge in [-0.3, -0.25) is 14.4 Å². The summed E-state index contributed by atoms with van der Waals surface area (Å²) in [6, 6.07) is 4.75. The molecule has 166 valence electrons. The van der Waals surface area contributed by atoms with Gasteiger partial charge < -0.3 is 0 Å². The van der Waals surface area contributed by atoms with Crippen molar-refractivity contribution in [2.24, 2.45) is 23.2 Å². The van der Waals surface area contributed by atoms with Gasteiger partial charge in [-0.1, -0.05) is 6.92 Å². The van der Waals surface area contributed by atoms with E-state index in [1.165, 1.54) is 9.42 Å². The number of halogens is 1. The molecule has 1 aliphatic heterocycles. The third-order valence-electron chi connectivity index (χ3n) is 7.50. The Morgan fingerprint density at radius 3 is 2.67 bits per heavy atom. The summed E-state index contributed by atoms with van der Waals surface area (Å²) in [4.78, 5) is 19.7. The number of anilines is 1. The van der Waals surface area contributed by atoms with Crippen LogP contribution >= 0.6 is 0 Å². The zero-order valence-electron chi connectivity index (χ0n) is 18.0. The number of hydrogen-bond donors (Lipinski definition) is 0. The van der Waals surface area contributed by atoms with E-state index in [1.54, 1.807) is 12.4 Å². The van der Waals surface area contributed by atoms with Crippen LogP contribution in [0.2, 0.25) is 0 Å². The van der Waals surface area contributed by atoms with Crippen molar-refractivity contribution in [3.8, 4) is 23.4 Å². The molecular weight excluding hydrogens is 423 g/mol. The van der Waals surface area contributed by atoms with E-state index in [4.69, 9.17) is 5.26 Å². The molecule has 0 bridgehead atoms. The van der Waals surface area contributed by atoms with E-state index in [0.29, 0.717) is 17.8 Å². The summed E-state index contributed by atoms with van der Waals surface area (Å²) in [7, 11) is 0. The predicted molar refractivity (Wildman–Crippen MR) is 114 cm³/mol. The first kappa shape index (κ1) is 19.9. The van der Waals surface area contributed by atoms with Gasteiger partial charge in [0.1, 0.15) is 10.9 Å². The number of carbonyl (C=O) groups excluding carboxylic acids is 1. The molecule has 33 heavy (non-hydrogen) atoms. The Balaban J connectivity index is 1.42. The molecule has 0 aromatic carbocycles. The van der Waals surface area contributed by atoms with E-state index in [0.717, 1.165) is 31.9 Å². The highest BCUT2D eigenvalue weighted by Gasteiger charge is 2.61. The molecule has 3 aromatic rings. The molecule has 3 fully saturated rings. The van der Waals surface area contributed by atoms with Crippen LogP contribution in [0.3, 0.4) is 0 Å². The fraction of sp³-hybridized carbons (Fsp3) is 0.478. The topological polar surface area (TPSA) is 116 Å². The van der Waals surface area contributed by atoms with Crippen molar-refractivity contribution in [3.63, 3.8) is 0 Å². The van der Waals surface area contributed by atoms with Crippen LogP contribution in [0, 0.1) is 51.6 Å². The summed E-state index contributed by atoms with van der Waals surface area (Å²) in [5, 5.41) is 27.5. The quantitative estimate of drug-likeness (QED) is 0.611. The first-order chi connectivity index (χ1) is 16.0. The molecule has 10 heteroatoms. The van der Waals surface area contributed by atoms with Crippen LogP contribution in [-0.4, -0.2) is 36.8 Å². The molecule has 4 heterocycles. The number of amides is 1. The van der Waals surface area contributed by atoms with Gasteiger partial charge in [0.15, 0.2) is 11.6 Å². The van der Waals surface area contributed by atoms with Crippen molar-refractivity contribution in [1.29, 1.82) is 10.5 Å². The molecular formula is C23H21FN8O. The van der Waals surface area contributed by atoms with E-state index in [-0.39, 0.29) is 41.0 Å². The second-order valence-corrected chi connectivity index (χ2v) is 9.47. The van der Waals surface area contributed by atoms with Crippen molar-refractivity contribution in [2.45, 2.75) is 38.6 Å². The second kappa shape index (κ2) is 6.85. The van der Waals surface area contributed by atoms with Crippen LogP contribution in [0.25, 0.3) is 16.8 Å². The summed E-state index contributed by atoms with van der Waals surface area (Å²) in [5.74, 6) is -0.780. The molecule has 2 atom stereocenters. The number of nitrogens with zero attached hydrogens (tertiary/aromatic N) is 8. The Morgan fingerprint density at radius 2 is 1.97 bits per heavy atom. The lowest BCUT2D eigenvalue weighted by Gasteiger charge is -2.30. The van der Waals surface area contributed by atoms with Gasteiger partial charge >= 0.3 is 0 Å². The minimum absolute atomic E-state index is 0.0434. The van der Waals surface area contributed by atoms with Crippen LogP contribution in [0.4, 0.5) is 10.2 Å². The lowest BCUT2D eigenvalue weighted by atomic mass is 9.75. The average molecular weight is 444 g/mol. The fourth-order valence-electron chi connectivity index (χ4n) is 5.35. The van der Waals surface area contributed by atoms with Gasteiger partial charge in [0, 0.05) is 24.2 Å². The van der Waals surface area contributed by atoms with Crippen LogP contribution in [0.5, 0.6) is 0 Å². The van der Waals surface area contributed by atoms with Gasteiger partial charge in [-0.25, -0.2) is 13.9 Å². The molecule has 3 aliphatic rings. The van der Waals surface area contributed by atoms with Crippen molar-refractivity contribution in [1.82, 2.24) is 24.4 Å². The molecule has 0 unspecified atom stereocenters. The Labute approximate surface area is 189 Å². The Bertz CT molecular complexity index is 1370. The zero-order valence-corrected chi connectivity index (χ0v) is 18.0. The maximum absolute atomic E-state index is 14.7. The lowest BCUT2D eigenvalue weighted by molar-refractivity contribution is -0.124. The zero-order chi connectivity index (χ0) is 22.9. The number of carbonyl (C=O) groups is 1. The van der Waals surface area contributed by atoms with Crippen LogP contribution in [0.1, 0.15) is 38.6 Å². The molecule has 1 saturated heterocycles. The summed E-state index contributed by atoms with van der Waals surface area (Å²) < 4.78 is 17.9. The molecule has 0 N–H and O–H groups in total. The first-order valence-electron chi connectivity index (χ1n) is 11.2. The Hall–Kier alpha value is -3.79. The minimum atomic E-state index is -1.09. The molecule has 6 rings (SSSR count). The predicted octanol–water partition coefficient (Wildman–Crippen LogP) is 3.11. The monoisotopic (exact) mass is 444 g/mol. The normalized spacial score (nSPS) is 29.2. The standard InChI is InChI=1S/C23H21FN8O/c1-13-9-30(22(33)23(13,12-26)16-2-3-16)21-20-18(24)8-28-32(20)11-19(29-21)15-7-27-31(10-15)17-4-14(5-17)6-25/h7-8,10-11,13-14,16-17H,2-5,9H2,1H3/t13-,14?,17?,23+/m1/s1. The van der Waals surface area contributed by atoms with Crippen molar-refractivity contribution in [3.05, 3.63) is 30.6 Å². The third-order valence-corrected chi connectivity index (χ3v) is 7.50. The van der Waals surface area contributed by atoms with Gasteiger partial charge in [-0.05, 0) is 31.6 Å². The largest absolute Gasteiger partial charge is 0.293 e. The van der Waals surface area contributed by atoms with Gasteiger partial charge in [-0.15, -0.1) is 0 Å². The van der Waals surface area contributed by atoms with Crippen LogP contribution < -0.4 is 4.90 Å². The summed E-state index contributed by atoms with van der Waals surface area (Å²) in [6.45, 7) is 2.21. The van der Waals surface area contributed by atoms with Crippen LogP contribution in [0.15, 0.2) is 24.8 Å². The van der Waals surface area contributed by atoms with E-state index < -0.39 is 11.2 Å². The molecule has 0 radical (unpaired) electrons. The van der Waals surface area contributed by atoms with E-state index >= 15 is 0 Å². The number of fused-ring (bicyclic) bond motifs is 1. The number of hydrogen-bond acceptors (Lipinski definition) is 6. The Morgan fingerprint density at radius 1 is 1.18 bits per heavy atom. The van der Waals surface area contributed by atoms with Gasteiger partial charge in [0.2, 0.25) is 5.91 Å². The van der Waals surface area contributed by atoms with Gasteiger partial charge in [0.05, 0.1) is 48.4 Å². The highest BCUT2D eigenvalue weighted by Crippen LogP contribution is 2.54. The minimum Gasteiger partial charge on any atom is -0.293 e. The highest BCUT2D eigenvalue weighted by molar-refractivity contribution is 6.04. The molecule has 9 nitrogen and oxygen atoms in total. The van der Waals surface area contributed by atoms with Crippen molar-refractivity contribution < 1.29 is 9.18 Å². The maximum atomic E-state index is 14.7. The number of aromatic nitrogens is 5. The lowest BCUT2D eigenvalue weighted by Crippen LogP contribution is -2.37. The van der Waals surface area contributed by atoms with Crippen molar-refractivity contribution >= 4 is 17.2 Å². The summed E-state index contributed by atoms with van der Waals surface area (Å²) in [5.41, 5.74) is 0.247. The van der Waals surface area contributed by atoms with Crippen molar-refractivity contribution in [2.75, 3.05) is 11.4 Å². The average Bonchev–Trinajstić information content (AvgIpc) is 3.30. The molecule has 2 aliphatic carbocycles. The van der Waals surface area contributed by atoms with Gasteiger partial charge in [-0.2, -0.15) is 20.7 Å². The maximum Gasteiger partial charge on any atom is 0.249 e. The Kier molecular flexibility index (Phi) is 4.12. The molecule has 3 aromatic heterocycles. The van der Waals surface area contributed by atoms with Gasteiger partial charge in [0.25, 0.3) is 0 Å². The summed E-state index contributed by atoms with van der Waals surface area (Å²) >= 11 is 0. The number of nitriles is 2. The molecule has 0 spiro atoms. The van der Waals surface area contributed by atoms with Crippen LogP contribution in [-0.2, 0) is 4.79 Å². The highest BCUT2D eigenvalue weighted by atomic mass is 19.1. The number of rotatable bonds is 4.